The maximum absolute atomic E-state index is 11.2. The van der Waals surface area contributed by atoms with Gasteiger partial charge < -0.3 is 11.1 Å². The molecule has 0 saturated heterocycles. The average Bonchev–Trinajstić information content (AvgIpc) is 2.61. The summed E-state index contributed by atoms with van der Waals surface area (Å²) >= 11 is 6.23. The summed E-state index contributed by atoms with van der Waals surface area (Å²) < 4.78 is 0. The number of rotatable bonds is 5. The molecule has 15 heavy (non-hydrogen) atoms. The molecule has 0 spiro atoms. The van der Waals surface area contributed by atoms with E-state index in [1.807, 2.05) is 6.20 Å². The van der Waals surface area contributed by atoms with Gasteiger partial charge in [-0.2, -0.15) is 0 Å². The molecule has 0 radical (unpaired) electrons. The van der Waals surface area contributed by atoms with Gasteiger partial charge in [-0.3, -0.25) is 4.79 Å². The van der Waals surface area contributed by atoms with Crippen LogP contribution in [0.15, 0.2) is 6.20 Å². The first-order chi connectivity index (χ1) is 7.11. The Hall–Kier alpha value is -1.01. The first kappa shape index (κ1) is 12.1. The summed E-state index contributed by atoms with van der Waals surface area (Å²) in [5, 5.41) is 3.61. The van der Waals surface area contributed by atoms with E-state index in [2.05, 4.69) is 29.4 Å². The van der Waals surface area contributed by atoms with Gasteiger partial charge in [0.15, 0.2) is 0 Å². The van der Waals surface area contributed by atoms with Crippen LogP contribution in [0, 0.1) is 0 Å². The second kappa shape index (κ2) is 5.77. The Morgan fingerprint density at radius 3 is 3.00 bits per heavy atom. The van der Waals surface area contributed by atoms with Gasteiger partial charge in [0.25, 0.3) is 0 Å². The maximum Gasteiger partial charge on any atom is 0.227 e. The lowest BCUT2D eigenvalue weighted by Gasteiger charge is -2.00. The third kappa shape index (κ3) is 4.35. The minimum Gasteiger partial charge on any atom is -0.393 e. The molecule has 1 aromatic heterocycles. The molecule has 1 aromatic rings. The van der Waals surface area contributed by atoms with Crippen molar-refractivity contribution in [3.63, 3.8) is 0 Å². The Kier molecular flexibility index (Phi) is 4.64. The molecule has 1 heterocycles. The highest BCUT2D eigenvalue weighted by Gasteiger charge is 2.05. The van der Waals surface area contributed by atoms with Crippen molar-refractivity contribution in [3.05, 3.63) is 16.1 Å². The molecule has 0 bridgehead atoms. The van der Waals surface area contributed by atoms with Crippen molar-refractivity contribution in [2.75, 3.05) is 0 Å². The van der Waals surface area contributed by atoms with E-state index in [4.69, 9.17) is 5.73 Å². The third-order valence-corrected chi connectivity index (χ3v) is 3.01. The van der Waals surface area contributed by atoms with Crippen LogP contribution in [0.4, 0.5) is 0 Å². The van der Waals surface area contributed by atoms with Crippen LogP contribution < -0.4 is 11.1 Å². The fraction of sp³-hybridized carbons (Fsp3) is 0.444. The Balaban J connectivity index is 2.36. The molecular formula is C9H13N3OS2. The van der Waals surface area contributed by atoms with E-state index in [0.717, 1.165) is 11.4 Å². The lowest BCUT2D eigenvalue weighted by molar-refractivity contribution is -0.120. The van der Waals surface area contributed by atoms with Crippen molar-refractivity contribution < 1.29 is 4.79 Å². The third-order valence-electron chi connectivity index (χ3n) is 1.72. The topological polar surface area (TPSA) is 68.0 Å². The maximum atomic E-state index is 11.2. The van der Waals surface area contributed by atoms with Gasteiger partial charge in [0.05, 0.1) is 18.0 Å². The number of hydrogen-bond donors (Lipinski definition) is 2. The Morgan fingerprint density at radius 2 is 2.47 bits per heavy atom. The van der Waals surface area contributed by atoms with Crippen molar-refractivity contribution in [2.24, 2.45) is 5.73 Å². The molecule has 82 valence electrons. The zero-order valence-electron chi connectivity index (χ0n) is 8.45. The second-order valence-electron chi connectivity index (χ2n) is 2.99. The summed E-state index contributed by atoms with van der Waals surface area (Å²) in [6, 6.07) is 0. The van der Waals surface area contributed by atoms with Gasteiger partial charge in [-0.1, -0.05) is 19.1 Å². The molecule has 1 amide bonds. The monoisotopic (exact) mass is 243 g/mol. The first-order valence-corrected chi connectivity index (χ1v) is 5.83. The van der Waals surface area contributed by atoms with E-state index < -0.39 is 0 Å². The Morgan fingerprint density at radius 1 is 1.73 bits per heavy atom. The fourth-order valence-corrected chi connectivity index (χ4v) is 1.92. The van der Waals surface area contributed by atoms with Crippen molar-refractivity contribution in [2.45, 2.75) is 26.3 Å². The molecule has 0 aliphatic carbocycles. The first-order valence-electron chi connectivity index (χ1n) is 4.60. The number of nitrogens with two attached hydrogens (primary N) is 1. The van der Waals surface area contributed by atoms with Gasteiger partial charge in [0.2, 0.25) is 5.91 Å². The van der Waals surface area contributed by atoms with Crippen LogP contribution in [0.3, 0.4) is 0 Å². The summed E-state index contributed by atoms with van der Waals surface area (Å²) in [7, 11) is 0. The summed E-state index contributed by atoms with van der Waals surface area (Å²) in [5.74, 6) is -0.157. The van der Waals surface area contributed by atoms with E-state index in [0.29, 0.717) is 6.54 Å². The highest BCUT2D eigenvalue weighted by atomic mass is 32.1. The molecule has 0 atom stereocenters. The standard InChI is InChI=1S/C9H13N3OS2/c1-2-6-4-12-9(15-6)5-11-8(13)3-7(10)14/h4H,2-3,5H2,1H3,(H2,10,14)(H,11,13). The van der Waals surface area contributed by atoms with Crippen LogP contribution in [0.5, 0.6) is 0 Å². The summed E-state index contributed by atoms with van der Waals surface area (Å²) in [4.78, 5) is 16.8. The summed E-state index contributed by atoms with van der Waals surface area (Å²) in [6.07, 6.45) is 2.90. The minimum atomic E-state index is -0.157. The molecule has 0 aliphatic rings. The van der Waals surface area contributed by atoms with Crippen LogP contribution in [0.2, 0.25) is 0 Å². The number of nitrogens with one attached hydrogen (secondary N) is 1. The van der Waals surface area contributed by atoms with Crippen molar-refractivity contribution in [3.8, 4) is 0 Å². The predicted octanol–water partition coefficient (Wildman–Crippen LogP) is 0.998. The van der Waals surface area contributed by atoms with Gasteiger partial charge in [0.1, 0.15) is 5.01 Å². The highest BCUT2D eigenvalue weighted by molar-refractivity contribution is 7.80. The largest absolute Gasteiger partial charge is 0.393 e. The number of amides is 1. The summed E-state index contributed by atoms with van der Waals surface area (Å²) in [5.41, 5.74) is 5.25. The van der Waals surface area contributed by atoms with Gasteiger partial charge in [-0.15, -0.1) is 11.3 Å². The molecule has 0 fully saturated rings. The molecule has 1 rings (SSSR count). The number of nitrogens with zero attached hydrogens (tertiary/aromatic N) is 1. The fourth-order valence-electron chi connectivity index (χ4n) is 0.988. The molecule has 0 aromatic carbocycles. The van der Waals surface area contributed by atoms with E-state index in [9.17, 15) is 4.79 Å². The normalized spacial score (nSPS) is 9.93. The minimum absolute atomic E-state index is 0.0986. The predicted molar refractivity (Wildman–Crippen MR) is 64.7 cm³/mol. The zero-order valence-corrected chi connectivity index (χ0v) is 10.1. The number of thiocarbonyl (C=S) groups is 1. The number of aryl methyl sites for hydroxylation is 1. The van der Waals surface area contributed by atoms with E-state index in [1.54, 1.807) is 11.3 Å². The Bertz CT molecular complexity index is 362. The van der Waals surface area contributed by atoms with E-state index >= 15 is 0 Å². The SMILES string of the molecule is CCc1cnc(CNC(=O)CC(N)=S)s1. The molecule has 3 N–H and O–H groups in total. The summed E-state index contributed by atoms with van der Waals surface area (Å²) in [6.45, 7) is 2.52. The van der Waals surface area contributed by atoms with E-state index in [-0.39, 0.29) is 17.3 Å². The van der Waals surface area contributed by atoms with Crippen LogP contribution in [0.1, 0.15) is 23.2 Å². The lowest BCUT2D eigenvalue weighted by atomic mass is 10.4. The molecule has 6 heteroatoms. The Labute approximate surface area is 97.9 Å². The molecular weight excluding hydrogens is 230 g/mol. The van der Waals surface area contributed by atoms with Crippen molar-refractivity contribution in [1.29, 1.82) is 0 Å². The number of aromatic nitrogens is 1. The van der Waals surface area contributed by atoms with Crippen LogP contribution in [0.25, 0.3) is 0 Å². The van der Waals surface area contributed by atoms with Gasteiger partial charge >= 0.3 is 0 Å². The van der Waals surface area contributed by atoms with Gasteiger partial charge in [-0.05, 0) is 6.42 Å². The highest BCUT2D eigenvalue weighted by Crippen LogP contribution is 2.12. The lowest BCUT2D eigenvalue weighted by Crippen LogP contribution is -2.27. The van der Waals surface area contributed by atoms with Crippen LogP contribution in [-0.4, -0.2) is 15.9 Å². The van der Waals surface area contributed by atoms with Gasteiger partial charge in [0, 0.05) is 11.1 Å². The van der Waals surface area contributed by atoms with Crippen LogP contribution in [-0.2, 0) is 17.8 Å². The van der Waals surface area contributed by atoms with E-state index in [1.165, 1.54) is 4.88 Å². The number of carbonyl (C=O) groups excluding carboxylic acids is 1. The molecule has 4 nitrogen and oxygen atoms in total. The molecule has 0 aliphatic heterocycles. The number of thiazole rings is 1. The zero-order chi connectivity index (χ0) is 11.3. The van der Waals surface area contributed by atoms with Crippen molar-refractivity contribution in [1.82, 2.24) is 10.3 Å². The van der Waals surface area contributed by atoms with Crippen molar-refractivity contribution >= 4 is 34.5 Å². The number of carbonyl (C=O) groups is 1. The quantitative estimate of drug-likeness (QED) is 0.757. The molecule has 0 saturated carbocycles. The number of hydrogen-bond acceptors (Lipinski definition) is 4. The smallest absolute Gasteiger partial charge is 0.227 e. The van der Waals surface area contributed by atoms with Crippen LogP contribution >= 0.6 is 23.6 Å². The van der Waals surface area contributed by atoms with Gasteiger partial charge in [-0.25, -0.2) is 4.98 Å². The molecule has 0 unspecified atom stereocenters. The average molecular weight is 243 g/mol. The second-order valence-corrected chi connectivity index (χ2v) is 4.72.